The van der Waals surface area contributed by atoms with Gasteiger partial charge in [-0.05, 0) is 23.7 Å². The van der Waals surface area contributed by atoms with E-state index in [0.29, 0.717) is 5.88 Å². The number of hydrogen-bond donors (Lipinski definition) is 1. The van der Waals surface area contributed by atoms with Crippen molar-refractivity contribution in [2.24, 2.45) is 16.7 Å². The SMILES string of the molecule is CC1(C)C(C(=O)NCCCCCl)C1(C)C. The molecular formula is C12H22ClNO. The van der Waals surface area contributed by atoms with Gasteiger partial charge in [0.1, 0.15) is 0 Å². The van der Waals surface area contributed by atoms with Crippen molar-refractivity contribution in [1.29, 1.82) is 0 Å². The van der Waals surface area contributed by atoms with Crippen molar-refractivity contribution in [3.63, 3.8) is 0 Å². The predicted octanol–water partition coefficient (Wildman–Crippen LogP) is 2.80. The number of amides is 1. The highest BCUT2D eigenvalue weighted by molar-refractivity contribution is 6.17. The molecule has 1 amide bonds. The van der Waals surface area contributed by atoms with E-state index in [2.05, 4.69) is 33.0 Å². The molecule has 1 aliphatic rings. The van der Waals surface area contributed by atoms with Crippen LogP contribution in [0.5, 0.6) is 0 Å². The number of nitrogens with one attached hydrogen (secondary N) is 1. The number of carbonyl (C=O) groups is 1. The van der Waals surface area contributed by atoms with Crippen LogP contribution in [0.2, 0.25) is 0 Å². The molecule has 0 heterocycles. The lowest BCUT2D eigenvalue weighted by Gasteiger charge is -2.05. The second-order valence-electron chi connectivity index (χ2n) is 5.56. The Hall–Kier alpha value is -0.240. The Morgan fingerprint density at radius 1 is 1.20 bits per heavy atom. The van der Waals surface area contributed by atoms with Gasteiger partial charge in [0.15, 0.2) is 0 Å². The smallest absolute Gasteiger partial charge is 0.224 e. The van der Waals surface area contributed by atoms with Crippen LogP contribution in [0.1, 0.15) is 40.5 Å². The van der Waals surface area contributed by atoms with Crippen molar-refractivity contribution in [3.05, 3.63) is 0 Å². The number of carbonyl (C=O) groups excluding carboxylic acids is 1. The fourth-order valence-electron chi connectivity index (χ4n) is 2.38. The van der Waals surface area contributed by atoms with Crippen LogP contribution in [0.25, 0.3) is 0 Å². The number of rotatable bonds is 5. The van der Waals surface area contributed by atoms with E-state index in [1.54, 1.807) is 0 Å². The average molecular weight is 232 g/mol. The summed E-state index contributed by atoms with van der Waals surface area (Å²) in [4.78, 5) is 11.9. The number of halogens is 1. The Morgan fingerprint density at radius 3 is 2.13 bits per heavy atom. The molecule has 0 aromatic heterocycles. The molecule has 1 saturated carbocycles. The minimum absolute atomic E-state index is 0.142. The van der Waals surface area contributed by atoms with Crippen LogP contribution < -0.4 is 5.32 Å². The van der Waals surface area contributed by atoms with E-state index < -0.39 is 0 Å². The topological polar surface area (TPSA) is 29.1 Å². The maximum atomic E-state index is 11.9. The molecule has 0 aliphatic heterocycles. The first-order chi connectivity index (χ1) is 6.85. The molecular weight excluding hydrogens is 210 g/mol. The van der Waals surface area contributed by atoms with Gasteiger partial charge in [-0.2, -0.15) is 0 Å². The second-order valence-corrected chi connectivity index (χ2v) is 5.94. The van der Waals surface area contributed by atoms with Crippen LogP contribution in [0.4, 0.5) is 0 Å². The molecule has 0 aromatic carbocycles. The molecule has 88 valence electrons. The zero-order valence-electron chi connectivity index (χ0n) is 10.2. The van der Waals surface area contributed by atoms with Gasteiger partial charge in [0.2, 0.25) is 5.91 Å². The minimum Gasteiger partial charge on any atom is -0.356 e. The van der Waals surface area contributed by atoms with Gasteiger partial charge in [0.05, 0.1) is 0 Å². The van der Waals surface area contributed by atoms with Gasteiger partial charge in [0, 0.05) is 18.3 Å². The van der Waals surface area contributed by atoms with Gasteiger partial charge in [0.25, 0.3) is 0 Å². The Balaban J connectivity index is 2.32. The van der Waals surface area contributed by atoms with Crippen molar-refractivity contribution in [1.82, 2.24) is 5.32 Å². The highest BCUT2D eigenvalue weighted by Gasteiger charge is 2.68. The molecule has 0 aromatic rings. The Bertz CT molecular complexity index is 234. The van der Waals surface area contributed by atoms with Crippen LogP contribution in [-0.4, -0.2) is 18.3 Å². The first-order valence-electron chi connectivity index (χ1n) is 5.69. The minimum atomic E-state index is 0.142. The van der Waals surface area contributed by atoms with E-state index in [1.165, 1.54) is 0 Å². The standard InChI is InChI=1S/C12H22ClNO/c1-11(2)9(12(11,3)4)10(15)14-8-6-5-7-13/h9H,5-8H2,1-4H3,(H,14,15). The monoisotopic (exact) mass is 231 g/mol. The molecule has 2 nitrogen and oxygen atoms in total. The molecule has 1 rings (SSSR count). The fraction of sp³-hybridized carbons (Fsp3) is 0.917. The summed E-state index contributed by atoms with van der Waals surface area (Å²) in [6, 6.07) is 0. The fourth-order valence-corrected chi connectivity index (χ4v) is 2.57. The summed E-state index contributed by atoms with van der Waals surface area (Å²) in [7, 11) is 0. The van der Waals surface area contributed by atoms with Gasteiger partial charge >= 0.3 is 0 Å². The van der Waals surface area contributed by atoms with E-state index in [9.17, 15) is 4.79 Å². The summed E-state index contributed by atoms with van der Waals surface area (Å²) >= 11 is 5.57. The molecule has 0 bridgehead atoms. The summed E-state index contributed by atoms with van der Waals surface area (Å²) in [5.41, 5.74) is 0.285. The third-order valence-electron chi connectivity index (χ3n) is 4.14. The zero-order chi connectivity index (χ0) is 11.7. The van der Waals surface area contributed by atoms with E-state index in [1.807, 2.05) is 0 Å². The predicted molar refractivity (Wildman–Crippen MR) is 64.0 cm³/mol. The van der Waals surface area contributed by atoms with Crippen molar-refractivity contribution in [3.8, 4) is 0 Å². The summed E-state index contributed by atoms with van der Waals surface area (Å²) in [6.07, 6.45) is 1.95. The maximum Gasteiger partial charge on any atom is 0.224 e. The van der Waals surface area contributed by atoms with Gasteiger partial charge in [-0.3, -0.25) is 4.79 Å². The Labute approximate surface area is 97.8 Å². The van der Waals surface area contributed by atoms with Crippen LogP contribution >= 0.6 is 11.6 Å². The second kappa shape index (κ2) is 4.32. The molecule has 0 radical (unpaired) electrons. The zero-order valence-corrected chi connectivity index (χ0v) is 10.9. The molecule has 0 unspecified atom stereocenters. The third kappa shape index (κ3) is 2.30. The van der Waals surface area contributed by atoms with E-state index in [0.717, 1.165) is 19.4 Å². The van der Waals surface area contributed by atoms with Gasteiger partial charge in [-0.15, -0.1) is 11.6 Å². The summed E-state index contributed by atoms with van der Waals surface area (Å²) < 4.78 is 0. The van der Waals surface area contributed by atoms with Crippen molar-refractivity contribution in [2.45, 2.75) is 40.5 Å². The highest BCUT2D eigenvalue weighted by atomic mass is 35.5. The third-order valence-corrected chi connectivity index (χ3v) is 4.41. The van der Waals surface area contributed by atoms with Crippen molar-refractivity contribution < 1.29 is 4.79 Å². The number of alkyl halides is 1. The first kappa shape index (κ1) is 12.8. The highest BCUT2D eigenvalue weighted by Crippen LogP contribution is 2.68. The van der Waals surface area contributed by atoms with Crippen LogP contribution in [-0.2, 0) is 4.79 Å². The van der Waals surface area contributed by atoms with E-state index in [4.69, 9.17) is 11.6 Å². The van der Waals surface area contributed by atoms with Crippen molar-refractivity contribution >= 4 is 17.5 Å². The lowest BCUT2D eigenvalue weighted by molar-refractivity contribution is -0.123. The normalized spacial score (nSPS) is 22.5. The number of unbranched alkanes of at least 4 members (excludes halogenated alkanes) is 1. The number of hydrogen-bond acceptors (Lipinski definition) is 1. The summed E-state index contributed by atoms with van der Waals surface area (Å²) in [5.74, 6) is 1.05. The van der Waals surface area contributed by atoms with Crippen molar-refractivity contribution in [2.75, 3.05) is 12.4 Å². The van der Waals surface area contributed by atoms with Gasteiger partial charge in [-0.25, -0.2) is 0 Å². The summed E-state index contributed by atoms with van der Waals surface area (Å²) in [5, 5.41) is 2.99. The van der Waals surface area contributed by atoms with Gasteiger partial charge in [-0.1, -0.05) is 27.7 Å². The first-order valence-corrected chi connectivity index (χ1v) is 6.23. The molecule has 0 atom stereocenters. The van der Waals surface area contributed by atoms with Crippen LogP contribution in [0.3, 0.4) is 0 Å². The molecule has 1 aliphatic carbocycles. The molecule has 0 spiro atoms. The summed E-state index contributed by atoms with van der Waals surface area (Å²) in [6.45, 7) is 9.41. The van der Waals surface area contributed by atoms with Crippen LogP contribution in [0, 0.1) is 16.7 Å². The maximum absolute atomic E-state index is 11.9. The van der Waals surface area contributed by atoms with E-state index in [-0.39, 0.29) is 22.7 Å². The lowest BCUT2D eigenvalue weighted by Crippen LogP contribution is -2.28. The molecule has 3 heteroatoms. The Kier molecular flexibility index (Phi) is 3.70. The van der Waals surface area contributed by atoms with Gasteiger partial charge < -0.3 is 5.32 Å². The Morgan fingerprint density at radius 2 is 1.73 bits per heavy atom. The molecule has 15 heavy (non-hydrogen) atoms. The average Bonchev–Trinajstić information content (AvgIpc) is 2.51. The van der Waals surface area contributed by atoms with E-state index >= 15 is 0 Å². The quantitative estimate of drug-likeness (QED) is 0.572. The lowest BCUT2D eigenvalue weighted by atomic mass is 10.0. The van der Waals surface area contributed by atoms with Crippen LogP contribution in [0.15, 0.2) is 0 Å². The molecule has 0 saturated heterocycles. The largest absolute Gasteiger partial charge is 0.356 e. The molecule has 1 N–H and O–H groups in total. The molecule has 1 fully saturated rings.